The molecule has 1 aliphatic heterocycles. The maximum atomic E-state index is 14.0. The first-order valence-electron chi connectivity index (χ1n) is 12.9. The van der Waals surface area contributed by atoms with Gasteiger partial charge in [-0.15, -0.1) is 0 Å². The molecule has 9 nitrogen and oxygen atoms in total. The van der Waals surface area contributed by atoms with Gasteiger partial charge in [0.05, 0.1) is 6.10 Å². The number of carboxylic acids is 1. The summed E-state index contributed by atoms with van der Waals surface area (Å²) >= 11 is 0. The number of rotatable bonds is 9. The van der Waals surface area contributed by atoms with Crippen LogP contribution < -0.4 is 0 Å². The summed E-state index contributed by atoms with van der Waals surface area (Å²) in [6.07, 6.45) is -2.86. The molecule has 5 rings (SSSR count). The van der Waals surface area contributed by atoms with Gasteiger partial charge < -0.3 is 24.2 Å². The molecule has 0 spiro atoms. The molecular weight excluding hydrogens is 529 g/mol. The molecule has 0 bridgehead atoms. The fourth-order valence-electron chi connectivity index (χ4n) is 5.01. The number of aliphatic hydroxyl groups excluding tert-OH is 1. The number of halogens is 3. The summed E-state index contributed by atoms with van der Waals surface area (Å²) in [4.78, 5) is 17.1. The predicted octanol–water partition coefficient (Wildman–Crippen LogP) is 5.69. The molecule has 0 saturated carbocycles. The van der Waals surface area contributed by atoms with Crippen molar-refractivity contribution in [3.05, 3.63) is 65.7 Å². The van der Waals surface area contributed by atoms with Gasteiger partial charge in [-0.3, -0.25) is 4.79 Å². The number of alkyl halides is 3. The van der Waals surface area contributed by atoms with Crippen LogP contribution in [0.2, 0.25) is 0 Å². The molecule has 12 heteroatoms. The summed E-state index contributed by atoms with van der Waals surface area (Å²) in [5.74, 6) is -1.58. The Labute approximate surface area is 227 Å². The van der Waals surface area contributed by atoms with Gasteiger partial charge in [0.25, 0.3) is 5.89 Å². The van der Waals surface area contributed by atoms with Crippen LogP contribution in [-0.4, -0.2) is 56.0 Å². The Bertz CT molecular complexity index is 1440. The first-order chi connectivity index (χ1) is 19.2. The van der Waals surface area contributed by atoms with Crippen LogP contribution in [0, 0.1) is 5.92 Å². The van der Waals surface area contributed by atoms with Crippen molar-refractivity contribution in [3.8, 4) is 34.3 Å². The molecule has 40 heavy (non-hydrogen) atoms. The van der Waals surface area contributed by atoms with E-state index in [0.717, 1.165) is 25.9 Å². The summed E-state index contributed by atoms with van der Waals surface area (Å²) in [5, 5.41) is 27.2. The van der Waals surface area contributed by atoms with E-state index >= 15 is 0 Å². The number of nitrogens with zero attached hydrogens (tertiary/aromatic N) is 4. The highest BCUT2D eigenvalue weighted by atomic mass is 19.4. The number of aromatic nitrogens is 3. The van der Waals surface area contributed by atoms with Crippen LogP contribution in [0.15, 0.2) is 63.6 Å². The lowest BCUT2D eigenvalue weighted by Crippen LogP contribution is -2.38. The minimum absolute atomic E-state index is 0.0547. The van der Waals surface area contributed by atoms with Crippen LogP contribution in [0.3, 0.4) is 0 Å². The molecular formula is C28H27F3N4O5. The summed E-state index contributed by atoms with van der Waals surface area (Å²) < 4.78 is 52.1. The van der Waals surface area contributed by atoms with Crippen LogP contribution in [0.1, 0.15) is 42.9 Å². The Morgan fingerprint density at radius 2 is 1.80 bits per heavy atom. The normalized spacial score (nSPS) is 17.1. The number of aliphatic hydroxyl groups is 1. The van der Waals surface area contributed by atoms with Crippen LogP contribution in [0.5, 0.6) is 0 Å². The zero-order valence-electron chi connectivity index (χ0n) is 21.3. The lowest BCUT2D eigenvalue weighted by atomic mass is 9.93. The second kappa shape index (κ2) is 11.6. The van der Waals surface area contributed by atoms with E-state index < -0.39 is 35.5 Å². The molecule has 2 aromatic heterocycles. The third kappa shape index (κ3) is 6.23. The van der Waals surface area contributed by atoms with E-state index in [-0.39, 0.29) is 29.4 Å². The standard InChI is InChI=1S/C28H27F3N4O5/c29-28(30,31)23-24(19-6-2-1-3-7-19)33-39-25(23)27-32-26(34-40-27)20-11-9-18(10-12-20)21(36)16-35-14-4-5-17(15-35)8-13-22(37)38/h1-3,6-7,9-12,17,21,36H,4-5,8,13-16H2,(H,37,38). The van der Waals surface area contributed by atoms with Crippen molar-refractivity contribution in [3.63, 3.8) is 0 Å². The van der Waals surface area contributed by atoms with Gasteiger partial charge >= 0.3 is 12.1 Å². The third-order valence-electron chi connectivity index (χ3n) is 7.00. The molecule has 3 heterocycles. The highest BCUT2D eigenvalue weighted by Crippen LogP contribution is 2.43. The summed E-state index contributed by atoms with van der Waals surface area (Å²) in [7, 11) is 0. The second-order valence-electron chi connectivity index (χ2n) is 9.86. The van der Waals surface area contributed by atoms with Crippen LogP contribution >= 0.6 is 0 Å². The highest BCUT2D eigenvalue weighted by Gasteiger charge is 2.43. The number of hydrogen-bond donors (Lipinski definition) is 2. The Hall–Kier alpha value is -4.03. The fourth-order valence-corrected chi connectivity index (χ4v) is 5.01. The average Bonchev–Trinajstić information content (AvgIpc) is 3.61. The quantitative estimate of drug-likeness (QED) is 0.267. The number of carboxylic acid groups (broad SMARTS) is 1. The molecule has 1 saturated heterocycles. The highest BCUT2D eigenvalue weighted by molar-refractivity contribution is 5.71. The Kier molecular flexibility index (Phi) is 7.99. The summed E-state index contributed by atoms with van der Waals surface area (Å²) in [6, 6.07) is 14.6. The summed E-state index contributed by atoms with van der Waals surface area (Å²) in [6.45, 7) is 1.98. The van der Waals surface area contributed by atoms with Crippen molar-refractivity contribution in [2.45, 2.75) is 38.0 Å². The van der Waals surface area contributed by atoms with Gasteiger partial charge in [0, 0.05) is 30.6 Å². The van der Waals surface area contributed by atoms with Gasteiger partial charge in [-0.05, 0) is 37.3 Å². The van der Waals surface area contributed by atoms with Gasteiger partial charge in [-0.1, -0.05) is 64.9 Å². The van der Waals surface area contributed by atoms with Gasteiger partial charge in [-0.2, -0.15) is 18.2 Å². The molecule has 2 unspecified atom stereocenters. The van der Waals surface area contributed by atoms with E-state index in [1.54, 1.807) is 42.5 Å². The Balaban J connectivity index is 1.29. The van der Waals surface area contributed by atoms with Crippen LogP contribution in [0.25, 0.3) is 34.3 Å². The molecule has 0 radical (unpaired) electrons. The van der Waals surface area contributed by atoms with E-state index in [2.05, 4.69) is 20.2 Å². The SMILES string of the molecule is O=C(O)CCC1CCCN(CC(O)c2ccc(-c3noc(-c4onc(-c5ccccc5)c4C(F)(F)F)n3)cc2)C1. The smallest absolute Gasteiger partial charge is 0.422 e. The Morgan fingerprint density at radius 1 is 1.05 bits per heavy atom. The molecule has 2 aromatic carbocycles. The molecule has 0 aliphatic carbocycles. The van der Waals surface area contributed by atoms with Crippen LogP contribution in [-0.2, 0) is 11.0 Å². The van der Waals surface area contributed by atoms with Crippen LogP contribution in [0.4, 0.5) is 13.2 Å². The van der Waals surface area contributed by atoms with Gasteiger partial charge in [0.2, 0.25) is 11.6 Å². The molecule has 2 atom stereocenters. The maximum Gasteiger partial charge on any atom is 0.422 e. The molecule has 1 aliphatic rings. The topological polar surface area (TPSA) is 126 Å². The number of benzene rings is 2. The van der Waals surface area contributed by atoms with E-state index in [9.17, 15) is 23.1 Å². The van der Waals surface area contributed by atoms with Gasteiger partial charge in [0.15, 0.2) is 0 Å². The average molecular weight is 557 g/mol. The number of likely N-dealkylation sites (tertiary alicyclic amines) is 1. The second-order valence-corrected chi connectivity index (χ2v) is 9.86. The van der Waals surface area contributed by atoms with E-state index in [1.807, 2.05) is 0 Å². The number of β-amino-alcohol motifs (C(OH)–C–C–N with tert-alkyl or cyclic N) is 1. The van der Waals surface area contributed by atoms with E-state index in [0.29, 0.717) is 24.1 Å². The Morgan fingerprint density at radius 3 is 2.50 bits per heavy atom. The molecule has 2 N–H and O–H groups in total. The third-order valence-corrected chi connectivity index (χ3v) is 7.00. The zero-order chi connectivity index (χ0) is 28.3. The van der Waals surface area contributed by atoms with E-state index in [4.69, 9.17) is 14.2 Å². The molecule has 4 aromatic rings. The minimum atomic E-state index is -4.78. The zero-order valence-corrected chi connectivity index (χ0v) is 21.3. The number of piperidine rings is 1. The minimum Gasteiger partial charge on any atom is -0.481 e. The van der Waals surface area contributed by atoms with Crippen molar-refractivity contribution < 1.29 is 37.2 Å². The number of carbonyl (C=O) groups is 1. The van der Waals surface area contributed by atoms with E-state index in [1.165, 1.54) is 12.1 Å². The van der Waals surface area contributed by atoms with Crippen molar-refractivity contribution in [1.82, 2.24) is 20.2 Å². The van der Waals surface area contributed by atoms with Gasteiger partial charge in [-0.25, -0.2) is 0 Å². The number of aliphatic carboxylic acids is 1. The molecule has 210 valence electrons. The van der Waals surface area contributed by atoms with Crippen molar-refractivity contribution in [1.29, 1.82) is 0 Å². The molecule has 0 amide bonds. The van der Waals surface area contributed by atoms with Crippen molar-refractivity contribution in [2.24, 2.45) is 5.92 Å². The fraction of sp³-hybridized carbons (Fsp3) is 0.357. The lowest BCUT2D eigenvalue weighted by Gasteiger charge is -2.33. The predicted molar refractivity (Wildman–Crippen MR) is 137 cm³/mol. The van der Waals surface area contributed by atoms with Crippen molar-refractivity contribution in [2.75, 3.05) is 19.6 Å². The first kappa shape index (κ1) is 27.5. The first-order valence-corrected chi connectivity index (χ1v) is 12.9. The largest absolute Gasteiger partial charge is 0.481 e. The molecule has 1 fully saturated rings. The van der Waals surface area contributed by atoms with Crippen molar-refractivity contribution >= 4 is 5.97 Å². The number of hydrogen-bond acceptors (Lipinski definition) is 8. The maximum absolute atomic E-state index is 14.0. The lowest BCUT2D eigenvalue weighted by molar-refractivity contribution is -0.138. The summed E-state index contributed by atoms with van der Waals surface area (Å²) in [5.41, 5.74) is -0.103. The monoisotopic (exact) mass is 556 g/mol. The van der Waals surface area contributed by atoms with Gasteiger partial charge in [0.1, 0.15) is 11.3 Å².